The number of rotatable bonds is 4. The highest BCUT2D eigenvalue weighted by molar-refractivity contribution is 7.89. The van der Waals surface area contributed by atoms with Crippen molar-refractivity contribution in [1.29, 1.82) is 0 Å². The van der Waals surface area contributed by atoms with Gasteiger partial charge < -0.3 is 10.2 Å². The number of hydrogen-bond acceptors (Lipinski definition) is 5. The standard InChI is InChI=1S/C13H23N3O3S/c1-10(2)15-4-6-16(7-5-15)20(17,18)13-8-12(9-14)19-11(13)3/h8,10H,4-7,9,14H2,1-3H3. The SMILES string of the molecule is Cc1oc(CN)cc1S(=O)(=O)N1CCN(C(C)C)CC1. The van der Waals surface area contributed by atoms with Gasteiger partial charge in [-0.15, -0.1) is 0 Å². The molecule has 20 heavy (non-hydrogen) atoms. The van der Waals surface area contributed by atoms with E-state index >= 15 is 0 Å². The van der Waals surface area contributed by atoms with Gasteiger partial charge >= 0.3 is 0 Å². The summed E-state index contributed by atoms with van der Waals surface area (Å²) in [6, 6.07) is 1.99. The molecule has 2 rings (SSSR count). The minimum absolute atomic E-state index is 0.206. The second-order valence-electron chi connectivity index (χ2n) is 5.37. The first-order valence-corrected chi connectivity index (χ1v) is 8.34. The molecule has 1 fully saturated rings. The van der Waals surface area contributed by atoms with Gasteiger partial charge in [-0.1, -0.05) is 0 Å². The van der Waals surface area contributed by atoms with Gasteiger partial charge in [0.25, 0.3) is 0 Å². The number of nitrogens with two attached hydrogens (primary N) is 1. The van der Waals surface area contributed by atoms with Crippen LogP contribution >= 0.6 is 0 Å². The van der Waals surface area contributed by atoms with Crippen molar-refractivity contribution in [3.8, 4) is 0 Å². The first-order chi connectivity index (χ1) is 9.36. The molecule has 0 aromatic carbocycles. The molecule has 0 bridgehead atoms. The monoisotopic (exact) mass is 301 g/mol. The molecule has 1 aromatic rings. The Kier molecular flexibility index (Phi) is 4.53. The average molecular weight is 301 g/mol. The molecule has 114 valence electrons. The van der Waals surface area contributed by atoms with Crippen molar-refractivity contribution in [3.05, 3.63) is 17.6 Å². The molecule has 0 amide bonds. The summed E-state index contributed by atoms with van der Waals surface area (Å²) in [4.78, 5) is 2.52. The highest BCUT2D eigenvalue weighted by Gasteiger charge is 2.31. The average Bonchev–Trinajstić information content (AvgIpc) is 2.81. The third-order valence-corrected chi connectivity index (χ3v) is 5.75. The second kappa shape index (κ2) is 5.85. The summed E-state index contributed by atoms with van der Waals surface area (Å²) in [6.07, 6.45) is 0. The van der Waals surface area contributed by atoms with E-state index in [1.807, 2.05) is 0 Å². The molecule has 0 aliphatic carbocycles. The zero-order chi connectivity index (χ0) is 14.9. The van der Waals surface area contributed by atoms with E-state index in [4.69, 9.17) is 10.2 Å². The molecule has 1 saturated heterocycles. The minimum Gasteiger partial charge on any atom is -0.464 e. The first-order valence-electron chi connectivity index (χ1n) is 6.90. The summed E-state index contributed by atoms with van der Waals surface area (Å²) in [7, 11) is -3.47. The molecule has 0 spiro atoms. The second-order valence-corrected chi connectivity index (χ2v) is 7.28. The number of hydrogen-bond donors (Lipinski definition) is 1. The molecule has 0 atom stereocenters. The van der Waals surface area contributed by atoms with Gasteiger partial charge in [0.1, 0.15) is 16.4 Å². The summed E-state index contributed by atoms with van der Waals surface area (Å²) in [5.74, 6) is 0.915. The smallest absolute Gasteiger partial charge is 0.246 e. The minimum atomic E-state index is -3.47. The maximum atomic E-state index is 12.6. The Labute approximate surface area is 120 Å². The molecule has 1 aromatic heterocycles. The van der Waals surface area contributed by atoms with E-state index in [0.29, 0.717) is 30.7 Å². The Morgan fingerprint density at radius 3 is 2.35 bits per heavy atom. The van der Waals surface area contributed by atoms with Crippen LogP contribution in [0.2, 0.25) is 0 Å². The lowest BCUT2D eigenvalue weighted by Gasteiger charge is -2.36. The lowest BCUT2D eigenvalue weighted by atomic mass is 10.3. The van der Waals surface area contributed by atoms with Crippen molar-refractivity contribution < 1.29 is 12.8 Å². The number of furan rings is 1. The summed E-state index contributed by atoms with van der Waals surface area (Å²) < 4.78 is 32.1. The van der Waals surface area contributed by atoms with E-state index in [-0.39, 0.29) is 11.4 Å². The molecule has 7 heteroatoms. The summed E-state index contributed by atoms with van der Waals surface area (Å²) >= 11 is 0. The Balaban J connectivity index is 2.17. The van der Waals surface area contributed by atoms with Crippen LogP contribution < -0.4 is 5.73 Å². The Morgan fingerprint density at radius 2 is 1.90 bits per heavy atom. The predicted molar refractivity (Wildman–Crippen MR) is 76.8 cm³/mol. The fourth-order valence-electron chi connectivity index (χ4n) is 2.48. The highest BCUT2D eigenvalue weighted by atomic mass is 32.2. The molecule has 0 unspecified atom stereocenters. The predicted octanol–water partition coefficient (Wildman–Crippen LogP) is 0.761. The zero-order valence-electron chi connectivity index (χ0n) is 12.3. The quantitative estimate of drug-likeness (QED) is 0.888. The van der Waals surface area contributed by atoms with Crippen LogP contribution in [-0.4, -0.2) is 49.8 Å². The summed E-state index contributed by atoms with van der Waals surface area (Å²) in [5, 5.41) is 0. The van der Waals surface area contributed by atoms with E-state index < -0.39 is 10.0 Å². The first kappa shape index (κ1) is 15.5. The Bertz CT molecular complexity index is 557. The lowest BCUT2D eigenvalue weighted by Crippen LogP contribution is -2.50. The fraction of sp³-hybridized carbons (Fsp3) is 0.692. The normalized spacial score (nSPS) is 18.9. The van der Waals surface area contributed by atoms with Gasteiger partial charge in [-0.25, -0.2) is 8.42 Å². The van der Waals surface area contributed by atoms with E-state index in [1.54, 1.807) is 13.0 Å². The van der Waals surface area contributed by atoms with Crippen LogP contribution in [0.5, 0.6) is 0 Å². The maximum absolute atomic E-state index is 12.6. The third kappa shape index (κ3) is 2.90. The zero-order valence-corrected chi connectivity index (χ0v) is 13.1. The van der Waals surface area contributed by atoms with Crippen molar-refractivity contribution in [3.63, 3.8) is 0 Å². The topological polar surface area (TPSA) is 79.8 Å². The van der Waals surface area contributed by atoms with Gasteiger partial charge in [0.05, 0.1) is 6.54 Å². The van der Waals surface area contributed by atoms with Crippen molar-refractivity contribution in [1.82, 2.24) is 9.21 Å². The molecule has 2 heterocycles. The van der Waals surface area contributed by atoms with E-state index in [1.165, 1.54) is 4.31 Å². The van der Waals surface area contributed by atoms with Gasteiger partial charge in [0.15, 0.2) is 0 Å². The number of sulfonamides is 1. The van der Waals surface area contributed by atoms with Crippen LogP contribution in [0, 0.1) is 6.92 Å². The Hall–Kier alpha value is -0.890. The molecule has 1 aliphatic heterocycles. The van der Waals surface area contributed by atoms with Crippen LogP contribution in [0.4, 0.5) is 0 Å². The van der Waals surface area contributed by atoms with Crippen molar-refractivity contribution in [2.75, 3.05) is 26.2 Å². The number of piperazine rings is 1. The summed E-state index contributed by atoms with van der Waals surface area (Å²) in [6.45, 7) is 8.67. The van der Waals surface area contributed by atoms with Gasteiger partial charge in [-0.3, -0.25) is 4.90 Å². The van der Waals surface area contributed by atoms with E-state index in [0.717, 1.165) is 13.1 Å². The number of nitrogens with zero attached hydrogens (tertiary/aromatic N) is 2. The fourth-order valence-corrected chi connectivity index (χ4v) is 4.09. The molecule has 6 nitrogen and oxygen atoms in total. The third-order valence-electron chi connectivity index (χ3n) is 3.75. The van der Waals surface area contributed by atoms with Crippen LogP contribution in [0.1, 0.15) is 25.4 Å². The highest BCUT2D eigenvalue weighted by Crippen LogP contribution is 2.24. The van der Waals surface area contributed by atoms with Crippen LogP contribution in [0.25, 0.3) is 0 Å². The van der Waals surface area contributed by atoms with Crippen molar-refractivity contribution in [2.24, 2.45) is 5.73 Å². The molecular weight excluding hydrogens is 278 g/mol. The van der Waals surface area contributed by atoms with E-state index in [9.17, 15) is 8.42 Å². The molecule has 0 radical (unpaired) electrons. The molecule has 1 aliphatic rings. The van der Waals surface area contributed by atoms with Crippen molar-refractivity contribution >= 4 is 10.0 Å². The van der Waals surface area contributed by atoms with Crippen LogP contribution in [-0.2, 0) is 16.6 Å². The van der Waals surface area contributed by atoms with Crippen LogP contribution in [0.15, 0.2) is 15.4 Å². The largest absolute Gasteiger partial charge is 0.464 e. The van der Waals surface area contributed by atoms with Crippen LogP contribution in [0.3, 0.4) is 0 Å². The van der Waals surface area contributed by atoms with Crippen molar-refractivity contribution in [2.45, 2.75) is 38.3 Å². The van der Waals surface area contributed by atoms with Gasteiger partial charge in [0.2, 0.25) is 10.0 Å². The van der Waals surface area contributed by atoms with Gasteiger partial charge in [-0.2, -0.15) is 4.31 Å². The molecule has 0 saturated carbocycles. The maximum Gasteiger partial charge on any atom is 0.246 e. The number of aryl methyl sites for hydroxylation is 1. The summed E-state index contributed by atoms with van der Waals surface area (Å²) in [5.41, 5.74) is 5.50. The van der Waals surface area contributed by atoms with Gasteiger partial charge in [0, 0.05) is 38.3 Å². The van der Waals surface area contributed by atoms with E-state index in [2.05, 4.69) is 18.7 Å². The van der Waals surface area contributed by atoms with Gasteiger partial charge in [-0.05, 0) is 20.8 Å². The lowest BCUT2D eigenvalue weighted by molar-refractivity contribution is 0.154. The Morgan fingerprint density at radius 1 is 1.30 bits per heavy atom. The molecular formula is C13H23N3O3S. The molecule has 2 N–H and O–H groups in total.